The van der Waals surface area contributed by atoms with Crippen molar-refractivity contribution in [1.29, 1.82) is 5.26 Å². The second-order valence-electron chi connectivity index (χ2n) is 4.07. The third-order valence-electron chi connectivity index (χ3n) is 2.87. The topological polar surface area (TPSA) is 33.0 Å². The molecule has 0 unspecified atom stereocenters. The van der Waals surface area contributed by atoms with Gasteiger partial charge in [-0.25, -0.2) is 0 Å². The number of halogens is 3. The zero-order valence-electron chi connectivity index (χ0n) is 10.5. The van der Waals surface area contributed by atoms with Crippen molar-refractivity contribution < 1.29 is 17.9 Å². The number of ether oxygens (including phenoxy) is 1. The summed E-state index contributed by atoms with van der Waals surface area (Å²) in [5.74, 6) is 0.539. The van der Waals surface area contributed by atoms with Crippen molar-refractivity contribution in [2.24, 2.45) is 0 Å². The zero-order chi connectivity index (χ0) is 14.8. The van der Waals surface area contributed by atoms with E-state index in [0.29, 0.717) is 11.3 Å². The monoisotopic (exact) mass is 277 g/mol. The van der Waals surface area contributed by atoms with Gasteiger partial charge in [-0.3, -0.25) is 0 Å². The maximum absolute atomic E-state index is 13.1. The van der Waals surface area contributed by atoms with E-state index in [0.717, 1.165) is 6.07 Å². The van der Waals surface area contributed by atoms with E-state index in [1.165, 1.54) is 31.4 Å². The van der Waals surface area contributed by atoms with Crippen molar-refractivity contribution in [2.75, 3.05) is 7.11 Å². The van der Waals surface area contributed by atoms with Crippen molar-refractivity contribution in [3.63, 3.8) is 0 Å². The number of benzene rings is 2. The average molecular weight is 277 g/mol. The third kappa shape index (κ3) is 2.59. The number of nitrogens with zero attached hydrogens (tertiary/aromatic N) is 1. The molecule has 102 valence electrons. The van der Waals surface area contributed by atoms with Gasteiger partial charge in [0.05, 0.1) is 24.3 Å². The molecule has 0 aromatic heterocycles. The van der Waals surface area contributed by atoms with Gasteiger partial charge >= 0.3 is 6.18 Å². The van der Waals surface area contributed by atoms with Crippen molar-refractivity contribution >= 4 is 0 Å². The van der Waals surface area contributed by atoms with Gasteiger partial charge < -0.3 is 4.74 Å². The van der Waals surface area contributed by atoms with Crippen LogP contribution in [0.1, 0.15) is 11.1 Å². The SMILES string of the molecule is COc1ccc(-c2c(C#N)cccc2C(F)(F)F)cc1. The number of nitriles is 1. The van der Waals surface area contributed by atoms with Gasteiger partial charge in [0.2, 0.25) is 0 Å². The molecule has 2 nitrogen and oxygen atoms in total. The Bertz CT molecular complexity index is 654. The highest BCUT2D eigenvalue weighted by Gasteiger charge is 2.34. The molecule has 0 fully saturated rings. The van der Waals surface area contributed by atoms with Crippen molar-refractivity contribution in [3.8, 4) is 22.9 Å². The fraction of sp³-hybridized carbons (Fsp3) is 0.133. The first-order chi connectivity index (χ1) is 9.47. The highest BCUT2D eigenvalue weighted by Crippen LogP contribution is 2.39. The Kier molecular flexibility index (Phi) is 3.66. The van der Waals surface area contributed by atoms with Gasteiger partial charge in [-0.1, -0.05) is 18.2 Å². The van der Waals surface area contributed by atoms with Crippen molar-refractivity contribution in [1.82, 2.24) is 0 Å². The molecule has 0 spiro atoms. The Labute approximate surface area is 114 Å². The summed E-state index contributed by atoms with van der Waals surface area (Å²) in [5, 5.41) is 9.03. The first-order valence-electron chi connectivity index (χ1n) is 5.72. The Morgan fingerprint density at radius 3 is 2.20 bits per heavy atom. The van der Waals surface area contributed by atoms with E-state index in [1.807, 2.05) is 0 Å². The van der Waals surface area contributed by atoms with Gasteiger partial charge in [0.15, 0.2) is 0 Å². The summed E-state index contributed by atoms with van der Waals surface area (Å²) in [5.41, 5.74) is -0.605. The molecular weight excluding hydrogens is 267 g/mol. The lowest BCUT2D eigenvalue weighted by Gasteiger charge is -2.14. The summed E-state index contributed by atoms with van der Waals surface area (Å²) < 4.78 is 44.2. The summed E-state index contributed by atoms with van der Waals surface area (Å²) in [4.78, 5) is 0. The first-order valence-corrected chi connectivity index (χ1v) is 5.72. The van der Waals surface area contributed by atoms with Gasteiger partial charge in [0.25, 0.3) is 0 Å². The Morgan fingerprint density at radius 1 is 1.05 bits per heavy atom. The number of hydrogen-bond acceptors (Lipinski definition) is 2. The third-order valence-corrected chi connectivity index (χ3v) is 2.87. The molecule has 0 atom stereocenters. The van der Waals surface area contributed by atoms with Crippen LogP contribution in [0.15, 0.2) is 42.5 Å². The minimum Gasteiger partial charge on any atom is -0.497 e. The van der Waals surface area contributed by atoms with Crippen molar-refractivity contribution in [3.05, 3.63) is 53.6 Å². The Hall–Kier alpha value is -2.48. The van der Waals surface area contributed by atoms with Gasteiger partial charge in [0.1, 0.15) is 5.75 Å². The van der Waals surface area contributed by atoms with Gasteiger partial charge in [-0.05, 0) is 29.8 Å². The molecule has 0 aliphatic rings. The number of hydrogen-bond donors (Lipinski definition) is 0. The molecule has 0 N–H and O–H groups in total. The summed E-state index contributed by atoms with van der Waals surface area (Å²) in [6, 6.07) is 11.5. The fourth-order valence-electron chi connectivity index (χ4n) is 1.95. The summed E-state index contributed by atoms with van der Waals surface area (Å²) in [6.45, 7) is 0. The number of alkyl halides is 3. The van der Waals surface area contributed by atoms with Crippen molar-refractivity contribution in [2.45, 2.75) is 6.18 Å². The van der Waals surface area contributed by atoms with E-state index in [1.54, 1.807) is 18.2 Å². The standard InChI is InChI=1S/C15H10F3NO/c1-20-12-7-5-10(6-8-12)14-11(9-19)3-2-4-13(14)15(16,17)18/h2-8H,1H3. The lowest BCUT2D eigenvalue weighted by atomic mass is 9.94. The zero-order valence-corrected chi connectivity index (χ0v) is 10.5. The molecule has 0 amide bonds. The van der Waals surface area contributed by atoms with Crippen LogP contribution in [0.4, 0.5) is 13.2 Å². The lowest BCUT2D eigenvalue weighted by molar-refractivity contribution is -0.137. The molecule has 2 rings (SSSR count). The predicted molar refractivity (Wildman–Crippen MR) is 68.1 cm³/mol. The molecule has 0 aliphatic heterocycles. The molecule has 0 bridgehead atoms. The smallest absolute Gasteiger partial charge is 0.417 e. The molecule has 0 saturated heterocycles. The van der Waals surface area contributed by atoms with Crippen LogP contribution in [-0.4, -0.2) is 7.11 Å². The quantitative estimate of drug-likeness (QED) is 0.822. The largest absolute Gasteiger partial charge is 0.497 e. The van der Waals surface area contributed by atoms with E-state index in [4.69, 9.17) is 10.00 Å². The Balaban J connectivity index is 2.67. The lowest BCUT2D eigenvalue weighted by Crippen LogP contribution is -2.08. The molecule has 0 aliphatic carbocycles. The van der Waals surface area contributed by atoms with Crippen LogP contribution in [0, 0.1) is 11.3 Å². The highest BCUT2D eigenvalue weighted by molar-refractivity contribution is 5.75. The van der Waals surface area contributed by atoms with Crippen LogP contribution < -0.4 is 4.74 Å². The minimum atomic E-state index is -4.51. The summed E-state index contributed by atoms with van der Waals surface area (Å²) in [6.07, 6.45) is -4.51. The molecular formula is C15H10F3NO. The van der Waals surface area contributed by atoms with Crippen LogP contribution in [0.3, 0.4) is 0 Å². The predicted octanol–water partition coefficient (Wildman–Crippen LogP) is 4.25. The molecule has 2 aromatic carbocycles. The minimum absolute atomic E-state index is 0.00927. The molecule has 0 radical (unpaired) electrons. The molecule has 20 heavy (non-hydrogen) atoms. The van der Waals surface area contributed by atoms with E-state index < -0.39 is 11.7 Å². The van der Waals surface area contributed by atoms with E-state index >= 15 is 0 Å². The van der Waals surface area contributed by atoms with Crippen LogP contribution in [0.25, 0.3) is 11.1 Å². The van der Waals surface area contributed by atoms with Gasteiger partial charge in [-0.2, -0.15) is 18.4 Å². The first kappa shape index (κ1) is 13.9. The normalized spacial score (nSPS) is 10.9. The van der Waals surface area contributed by atoms with Crippen LogP contribution >= 0.6 is 0 Å². The number of methoxy groups -OCH3 is 1. The van der Waals surface area contributed by atoms with Crippen LogP contribution in [0.2, 0.25) is 0 Å². The van der Waals surface area contributed by atoms with Crippen LogP contribution in [-0.2, 0) is 6.18 Å². The van der Waals surface area contributed by atoms with Gasteiger partial charge in [-0.15, -0.1) is 0 Å². The van der Waals surface area contributed by atoms with E-state index in [9.17, 15) is 13.2 Å². The molecule has 0 saturated carbocycles. The molecule has 2 aromatic rings. The van der Waals surface area contributed by atoms with Crippen LogP contribution in [0.5, 0.6) is 5.75 Å². The van der Waals surface area contributed by atoms with E-state index in [-0.39, 0.29) is 11.1 Å². The molecule has 5 heteroatoms. The fourth-order valence-corrected chi connectivity index (χ4v) is 1.95. The number of rotatable bonds is 2. The maximum atomic E-state index is 13.1. The average Bonchev–Trinajstić information content (AvgIpc) is 2.45. The molecule has 0 heterocycles. The summed E-state index contributed by atoms with van der Waals surface area (Å²) in [7, 11) is 1.47. The maximum Gasteiger partial charge on any atom is 0.417 e. The Morgan fingerprint density at radius 2 is 1.70 bits per heavy atom. The highest BCUT2D eigenvalue weighted by atomic mass is 19.4. The second-order valence-corrected chi connectivity index (χ2v) is 4.07. The second kappa shape index (κ2) is 5.25. The van der Waals surface area contributed by atoms with E-state index in [2.05, 4.69) is 0 Å². The van der Waals surface area contributed by atoms with Gasteiger partial charge in [0, 0.05) is 5.56 Å². The summed E-state index contributed by atoms with van der Waals surface area (Å²) >= 11 is 0.